The molecule has 0 bridgehead atoms. The molecule has 0 fully saturated rings. The van der Waals surface area contributed by atoms with E-state index in [2.05, 4.69) is 31.6 Å². The Balaban J connectivity index is 1.60. The molecule has 0 N–H and O–H groups in total. The first-order chi connectivity index (χ1) is 14.9. The number of hydrogen-bond donors (Lipinski definition) is 0. The highest BCUT2D eigenvalue weighted by Gasteiger charge is 2.21. The predicted molar refractivity (Wildman–Crippen MR) is 125 cm³/mol. The Bertz CT molecular complexity index is 1170. The van der Waals surface area contributed by atoms with Crippen molar-refractivity contribution in [2.75, 3.05) is 14.1 Å². The van der Waals surface area contributed by atoms with Crippen molar-refractivity contribution < 1.29 is 4.42 Å². The number of aromatic nitrogens is 4. The SMILES string of the molecule is CC(c1nnc(SCc2coc(-c3ccccc3Cl)n2)n1-c1ccc(Cl)cc1)N(C)C. The molecule has 0 aliphatic heterocycles. The number of oxazole rings is 1. The average Bonchev–Trinajstić information content (AvgIpc) is 3.39. The van der Waals surface area contributed by atoms with E-state index in [1.807, 2.05) is 62.6 Å². The smallest absolute Gasteiger partial charge is 0.227 e. The summed E-state index contributed by atoms with van der Waals surface area (Å²) >= 11 is 13.9. The number of nitrogens with zero attached hydrogens (tertiary/aromatic N) is 5. The van der Waals surface area contributed by atoms with Gasteiger partial charge in [-0.05, 0) is 57.4 Å². The maximum absolute atomic E-state index is 6.26. The lowest BCUT2D eigenvalue weighted by Gasteiger charge is -2.20. The van der Waals surface area contributed by atoms with E-state index in [4.69, 9.17) is 27.6 Å². The average molecular weight is 474 g/mol. The normalized spacial score (nSPS) is 12.5. The monoisotopic (exact) mass is 473 g/mol. The highest BCUT2D eigenvalue weighted by molar-refractivity contribution is 7.98. The fourth-order valence-corrected chi connectivity index (χ4v) is 4.16. The second-order valence-electron chi connectivity index (χ2n) is 7.20. The molecule has 4 aromatic rings. The lowest BCUT2D eigenvalue weighted by atomic mass is 10.2. The van der Waals surface area contributed by atoms with Crippen molar-refractivity contribution in [1.82, 2.24) is 24.6 Å². The molecule has 0 aliphatic carbocycles. The third kappa shape index (κ3) is 4.80. The zero-order valence-electron chi connectivity index (χ0n) is 17.3. The molecule has 0 spiro atoms. The summed E-state index contributed by atoms with van der Waals surface area (Å²) in [4.78, 5) is 6.68. The Kier molecular flexibility index (Phi) is 6.67. The summed E-state index contributed by atoms with van der Waals surface area (Å²) in [7, 11) is 4.04. The second-order valence-corrected chi connectivity index (χ2v) is 8.99. The number of halogens is 2. The van der Waals surface area contributed by atoms with Crippen molar-refractivity contribution in [2.45, 2.75) is 23.9 Å². The van der Waals surface area contributed by atoms with E-state index >= 15 is 0 Å². The summed E-state index contributed by atoms with van der Waals surface area (Å²) in [6.07, 6.45) is 1.65. The fraction of sp³-hybridized carbons (Fsp3) is 0.227. The first-order valence-electron chi connectivity index (χ1n) is 9.64. The van der Waals surface area contributed by atoms with Gasteiger partial charge in [0.25, 0.3) is 0 Å². The molecule has 6 nitrogen and oxygen atoms in total. The summed E-state index contributed by atoms with van der Waals surface area (Å²) in [5.41, 5.74) is 2.53. The molecule has 160 valence electrons. The minimum atomic E-state index is 0.0800. The van der Waals surface area contributed by atoms with Crippen LogP contribution < -0.4 is 0 Å². The molecular formula is C22H21Cl2N5OS. The van der Waals surface area contributed by atoms with E-state index in [9.17, 15) is 0 Å². The second kappa shape index (κ2) is 9.44. The van der Waals surface area contributed by atoms with Crippen LogP contribution in [0.4, 0.5) is 0 Å². The molecule has 0 aliphatic rings. The van der Waals surface area contributed by atoms with Crippen molar-refractivity contribution in [1.29, 1.82) is 0 Å². The predicted octanol–water partition coefficient (Wildman–Crippen LogP) is 6.14. The van der Waals surface area contributed by atoms with Crippen LogP contribution >= 0.6 is 35.0 Å². The molecule has 4 rings (SSSR count). The van der Waals surface area contributed by atoms with Gasteiger partial charge in [0.05, 0.1) is 22.3 Å². The van der Waals surface area contributed by atoms with Gasteiger partial charge in [-0.15, -0.1) is 10.2 Å². The minimum Gasteiger partial charge on any atom is -0.444 e. The summed E-state index contributed by atoms with van der Waals surface area (Å²) in [5, 5.41) is 11.0. The Hall–Kier alpha value is -2.32. The highest BCUT2D eigenvalue weighted by Crippen LogP contribution is 2.31. The van der Waals surface area contributed by atoms with Gasteiger partial charge in [0.15, 0.2) is 11.0 Å². The lowest BCUT2D eigenvalue weighted by molar-refractivity contribution is 0.305. The van der Waals surface area contributed by atoms with Crippen LogP contribution in [0.15, 0.2) is 64.4 Å². The summed E-state index contributed by atoms with van der Waals surface area (Å²) in [6, 6.07) is 15.2. The summed E-state index contributed by atoms with van der Waals surface area (Å²) < 4.78 is 7.71. The van der Waals surface area contributed by atoms with Gasteiger partial charge in [0.1, 0.15) is 6.26 Å². The minimum absolute atomic E-state index is 0.0800. The van der Waals surface area contributed by atoms with Crippen LogP contribution in [0.5, 0.6) is 0 Å². The molecule has 9 heteroatoms. The Morgan fingerprint density at radius 3 is 2.52 bits per heavy atom. The molecule has 2 aromatic heterocycles. The zero-order chi connectivity index (χ0) is 22.0. The van der Waals surface area contributed by atoms with Gasteiger partial charge in [-0.25, -0.2) is 4.98 Å². The van der Waals surface area contributed by atoms with Gasteiger partial charge >= 0.3 is 0 Å². The molecule has 0 saturated carbocycles. The van der Waals surface area contributed by atoms with Crippen molar-refractivity contribution in [3.8, 4) is 17.1 Å². The molecule has 1 atom stereocenters. The maximum atomic E-state index is 6.26. The first-order valence-corrected chi connectivity index (χ1v) is 11.4. The Morgan fingerprint density at radius 2 is 1.81 bits per heavy atom. The molecule has 2 heterocycles. The quantitative estimate of drug-likeness (QED) is 0.300. The topological polar surface area (TPSA) is 60.0 Å². The van der Waals surface area contributed by atoms with Crippen LogP contribution in [-0.2, 0) is 5.75 Å². The van der Waals surface area contributed by atoms with Crippen LogP contribution in [0.3, 0.4) is 0 Å². The maximum Gasteiger partial charge on any atom is 0.227 e. The van der Waals surface area contributed by atoms with E-state index < -0.39 is 0 Å². The number of thioether (sulfide) groups is 1. The van der Waals surface area contributed by atoms with E-state index in [1.165, 1.54) is 0 Å². The highest BCUT2D eigenvalue weighted by atomic mass is 35.5. The van der Waals surface area contributed by atoms with Crippen LogP contribution in [0.1, 0.15) is 24.5 Å². The summed E-state index contributed by atoms with van der Waals surface area (Å²) in [5.74, 6) is 1.93. The van der Waals surface area contributed by atoms with E-state index in [-0.39, 0.29) is 6.04 Å². The van der Waals surface area contributed by atoms with Crippen LogP contribution in [0.2, 0.25) is 10.0 Å². The molecular weight excluding hydrogens is 453 g/mol. The van der Waals surface area contributed by atoms with Gasteiger partial charge in [-0.2, -0.15) is 0 Å². The molecule has 0 amide bonds. The van der Waals surface area contributed by atoms with Gasteiger partial charge in [-0.1, -0.05) is 47.1 Å². The molecule has 2 aromatic carbocycles. The van der Waals surface area contributed by atoms with Crippen molar-refractivity contribution in [3.05, 3.63) is 76.4 Å². The van der Waals surface area contributed by atoms with Gasteiger partial charge < -0.3 is 4.42 Å². The van der Waals surface area contributed by atoms with Crippen LogP contribution in [-0.4, -0.2) is 38.7 Å². The van der Waals surface area contributed by atoms with Crippen molar-refractivity contribution in [3.63, 3.8) is 0 Å². The molecule has 31 heavy (non-hydrogen) atoms. The van der Waals surface area contributed by atoms with E-state index in [1.54, 1.807) is 18.0 Å². The molecule has 1 unspecified atom stereocenters. The van der Waals surface area contributed by atoms with Crippen LogP contribution in [0.25, 0.3) is 17.1 Å². The van der Waals surface area contributed by atoms with Crippen molar-refractivity contribution >= 4 is 35.0 Å². The van der Waals surface area contributed by atoms with E-state index in [0.29, 0.717) is 21.7 Å². The van der Waals surface area contributed by atoms with Gasteiger partial charge in [0, 0.05) is 16.5 Å². The van der Waals surface area contributed by atoms with E-state index in [0.717, 1.165) is 27.9 Å². The largest absolute Gasteiger partial charge is 0.444 e. The summed E-state index contributed by atoms with van der Waals surface area (Å²) in [6.45, 7) is 2.10. The lowest BCUT2D eigenvalue weighted by Crippen LogP contribution is -2.20. The third-order valence-electron chi connectivity index (χ3n) is 4.90. The van der Waals surface area contributed by atoms with Crippen LogP contribution in [0, 0.1) is 0 Å². The Labute approximate surface area is 195 Å². The first kappa shape index (κ1) is 21.9. The number of hydrogen-bond acceptors (Lipinski definition) is 6. The van der Waals surface area contributed by atoms with Gasteiger partial charge in [-0.3, -0.25) is 9.47 Å². The molecule has 0 saturated heterocycles. The Morgan fingerprint density at radius 1 is 1.06 bits per heavy atom. The standard InChI is InChI=1S/C22H21Cl2N5OS/c1-14(28(2)3)20-26-27-22(29(20)17-10-8-15(23)9-11-17)31-13-16-12-30-21(25-16)18-6-4-5-7-19(18)24/h4-12,14H,13H2,1-3H3. The third-order valence-corrected chi connectivity index (χ3v) is 6.44. The molecule has 0 radical (unpaired) electrons. The number of rotatable bonds is 7. The van der Waals surface area contributed by atoms with Crippen molar-refractivity contribution in [2.24, 2.45) is 0 Å². The number of benzene rings is 2. The zero-order valence-corrected chi connectivity index (χ0v) is 19.6. The fourth-order valence-electron chi connectivity index (χ4n) is 2.98. The van der Waals surface area contributed by atoms with Gasteiger partial charge in [0.2, 0.25) is 5.89 Å².